The second-order valence-corrected chi connectivity index (χ2v) is 11.0. The summed E-state index contributed by atoms with van der Waals surface area (Å²) >= 11 is 6.70. The number of aromatic nitrogens is 2. The van der Waals surface area contributed by atoms with Crippen molar-refractivity contribution in [3.63, 3.8) is 0 Å². The summed E-state index contributed by atoms with van der Waals surface area (Å²) in [5, 5.41) is 11.9. The number of furan rings is 1. The molecule has 1 fully saturated rings. The first kappa shape index (κ1) is 28.6. The molecule has 0 saturated carbocycles. The summed E-state index contributed by atoms with van der Waals surface area (Å²) < 4.78 is 7.34. The molecule has 1 aliphatic rings. The van der Waals surface area contributed by atoms with Crippen LogP contribution >= 0.6 is 24.0 Å². The number of carboxylic acid groups (broad SMARTS) is 1. The highest BCUT2D eigenvalue weighted by Crippen LogP contribution is 2.33. The number of thiocarbonyl (C=S) groups is 1. The molecule has 9 nitrogen and oxygen atoms in total. The topological polar surface area (TPSA) is 117 Å². The molecule has 3 aromatic rings. The zero-order chi connectivity index (χ0) is 27.6. The van der Waals surface area contributed by atoms with Crippen LogP contribution in [-0.4, -0.2) is 42.1 Å². The van der Waals surface area contributed by atoms with E-state index in [-0.39, 0.29) is 23.5 Å². The number of thioether (sulfide) groups is 1. The van der Waals surface area contributed by atoms with E-state index in [1.54, 1.807) is 41.6 Å². The molecule has 0 aliphatic carbocycles. The third kappa shape index (κ3) is 7.79. The number of carbonyl (C=O) groups excluding carboxylic acids is 1. The Labute approximate surface area is 236 Å². The Morgan fingerprint density at radius 2 is 1.79 bits per heavy atom. The van der Waals surface area contributed by atoms with Crippen LogP contribution in [0.15, 0.2) is 56.9 Å². The van der Waals surface area contributed by atoms with Crippen molar-refractivity contribution in [3.05, 3.63) is 69.4 Å². The first-order chi connectivity index (χ1) is 18.9. The van der Waals surface area contributed by atoms with Crippen molar-refractivity contribution in [2.24, 2.45) is 0 Å². The minimum atomic E-state index is -0.732. The fraction of sp³-hybridized carbons (Fsp3) is 0.393. The monoisotopic (exact) mass is 568 g/mol. The molecule has 0 atom stereocenters. The fourth-order valence-electron chi connectivity index (χ4n) is 4.38. The Hall–Kier alpha value is -3.44. The van der Waals surface area contributed by atoms with Crippen LogP contribution in [0, 0.1) is 0 Å². The predicted octanol–water partition coefficient (Wildman–Crippen LogP) is 5.70. The molecule has 11 heteroatoms. The van der Waals surface area contributed by atoms with Crippen molar-refractivity contribution in [1.29, 1.82) is 0 Å². The van der Waals surface area contributed by atoms with Gasteiger partial charge in [0.05, 0.1) is 23.3 Å². The number of carbonyl (C=O) groups is 2. The van der Waals surface area contributed by atoms with E-state index in [2.05, 4.69) is 10.3 Å². The quantitative estimate of drug-likeness (QED) is 0.135. The van der Waals surface area contributed by atoms with Crippen LogP contribution in [0.5, 0.6) is 0 Å². The highest BCUT2D eigenvalue weighted by Gasteiger charge is 2.32. The molecular formula is C28H32N4O5S2. The molecule has 1 amide bonds. The number of nitrogens with zero attached hydrogens (tertiary/aromatic N) is 3. The van der Waals surface area contributed by atoms with Crippen molar-refractivity contribution in [2.75, 3.05) is 11.9 Å². The van der Waals surface area contributed by atoms with E-state index < -0.39 is 5.97 Å². The number of unbranched alkanes of at least 4 members (excludes halogenated alkanes) is 7. The summed E-state index contributed by atoms with van der Waals surface area (Å²) in [5.74, 6) is 0.137. The number of rotatable bonds is 15. The SMILES string of the molecule is O=C(O)CCCCCCCCCCN1C(=O)C(=Cc2c(NCc3ccco3)nc3ccccn3c2=O)SC1=S. The van der Waals surface area contributed by atoms with Crippen LogP contribution in [0.25, 0.3) is 11.7 Å². The fourth-order valence-corrected chi connectivity index (χ4v) is 5.67. The van der Waals surface area contributed by atoms with Gasteiger partial charge in [-0.25, -0.2) is 4.98 Å². The summed E-state index contributed by atoms with van der Waals surface area (Å²) in [7, 11) is 0. The zero-order valence-corrected chi connectivity index (χ0v) is 23.3. The second kappa shape index (κ2) is 14.1. The molecule has 0 radical (unpaired) electrons. The van der Waals surface area contributed by atoms with Gasteiger partial charge in [0.1, 0.15) is 21.5 Å². The van der Waals surface area contributed by atoms with Crippen LogP contribution in [0.4, 0.5) is 5.82 Å². The summed E-state index contributed by atoms with van der Waals surface area (Å²) in [4.78, 5) is 43.8. The lowest BCUT2D eigenvalue weighted by atomic mass is 10.1. The highest BCUT2D eigenvalue weighted by molar-refractivity contribution is 8.26. The number of amides is 1. The van der Waals surface area contributed by atoms with Crippen LogP contribution in [0.3, 0.4) is 0 Å². The number of nitrogens with one attached hydrogen (secondary N) is 1. The van der Waals surface area contributed by atoms with Gasteiger partial charge in [0.25, 0.3) is 11.5 Å². The molecule has 3 aromatic heterocycles. The molecule has 4 heterocycles. The third-order valence-electron chi connectivity index (χ3n) is 6.45. The second-order valence-electron chi connectivity index (χ2n) is 9.35. The number of carboxylic acids is 1. The van der Waals surface area contributed by atoms with Gasteiger partial charge in [0.2, 0.25) is 0 Å². The molecule has 0 bridgehead atoms. The maximum atomic E-state index is 13.4. The number of hydrogen-bond acceptors (Lipinski definition) is 8. The number of anilines is 1. The van der Waals surface area contributed by atoms with Crippen molar-refractivity contribution in [1.82, 2.24) is 14.3 Å². The number of aliphatic carboxylic acids is 1. The van der Waals surface area contributed by atoms with E-state index in [1.807, 2.05) is 12.1 Å². The van der Waals surface area contributed by atoms with Crippen molar-refractivity contribution in [3.8, 4) is 0 Å². The molecule has 0 aromatic carbocycles. The van der Waals surface area contributed by atoms with Gasteiger partial charge in [-0.3, -0.25) is 23.7 Å². The van der Waals surface area contributed by atoms with E-state index in [9.17, 15) is 14.4 Å². The van der Waals surface area contributed by atoms with Crippen LogP contribution in [-0.2, 0) is 16.1 Å². The molecular weight excluding hydrogens is 536 g/mol. The minimum absolute atomic E-state index is 0.196. The van der Waals surface area contributed by atoms with Crippen LogP contribution in [0.1, 0.15) is 69.1 Å². The molecule has 4 rings (SSSR count). The number of pyridine rings is 1. The Bertz CT molecular complexity index is 1400. The highest BCUT2D eigenvalue weighted by atomic mass is 32.2. The van der Waals surface area contributed by atoms with Gasteiger partial charge in [-0.15, -0.1) is 0 Å². The molecule has 1 saturated heterocycles. The maximum absolute atomic E-state index is 13.4. The average molecular weight is 569 g/mol. The van der Waals surface area contributed by atoms with E-state index in [0.717, 1.165) is 51.4 Å². The van der Waals surface area contributed by atoms with E-state index in [1.165, 1.54) is 16.2 Å². The molecule has 2 N–H and O–H groups in total. The Morgan fingerprint density at radius 3 is 2.51 bits per heavy atom. The molecule has 1 aliphatic heterocycles. The van der Waals surface area contributed by atoms with Crippen molar-refractivity contribution < 1.29 is 19.1 Å². The largest absolute Gasteiger partial charge is 0.481 e. The number of hydrogen-bond donors (Lipinski definition) is 2. The Kier molecular flexibility index (Phi) is 10.3. The maximum Gasteiger partial charge on any atom is 0.303 e. The Morgan fingerprint density at radius 1 is 1.05 bits per heavy atom. The number of fused-ring (bicyclic) bond motifs is 1. The van der Waals surface area contributed by atoms with E-state index in [4.69, 9.17) is 21.7 Å². The smallest absolute Gasteiger partial charge is 0.303 e. The van der Waals surface area contributed by atoms with Gasteiger partial charge < -0.3 is 14.8 Å². The van der Waals surface area contributed by atoms with Gasteiger partial charge in [-0.2, -0.15) is 0 Å². The van der Waals surface area contributed by atoms with Gasteiger partial charge in [-0.05, 0) is 43.2 Å². The first-order valence-corrected chi connectivity index (χ1v) is 14.4. The lowest BCUT2D eigenvalue weighted by molar-refractivity contribution is -0.137. The molecule has 206 valence electrons. The summed E-state index contributed by atoms with van der Waals surface area (Å²) in [6.07, 6.45) is 12.9. The summed E-state index contributed by atoms with van der Waals surface area (Å²) in [6, 6.07) is 8.94. The van der Waals surface area contributed by atoms with E-state index >= 15 is 0 Å². The summed E-state index contributed by atoms with van der Waals surface area (Å²) in [6.45, 7) is 0.881. The normalized spacial score (nSPS) is 14.6. The third-order valence-corrected chi connectivity index (χ3v) is 7.83. The van der Waals surface area contributed by atoms with Crippen molar-refractivity contribution in [2.45, 2.75) is 64.3 Å². The zero-order valence-electron chi connectivity index (χ0n) is 21.6. The standard InChI is InChI=1S/C28H32N4O5S2/c33-24(34)14-7-5-3-1-2-4-6-9-16-32-27(36)22(39-28(32)38)18-21-25(29-19-20-12-11-17-37-20)30-23-13-8-10-15-31(23)26(21)35/h8,10-13,15,17-18,29H,1-7,9,14,16,19H2,(H,33,34). The first-order valence-electron chi connectivity index (χ1n) is 13.2. The minimum Gasteiger partial charge on any atom is -0.481 e. The molecule has 0 unspecified atom stereocenters. The van der Waals surface area contributed by atoms with Gasteiger partial charge in [0.15, 0.2) is 0 Å². The van der Waals surface area contributed by atoms with Crippen LogP contribution < -0.4 is 10.9 Å². The van der Waals surface area contributed by atoms with E-state index in [0.29, 0.717) is 39.5 Å². The Balaban J connectivity index is 1.36. The van der Waals surface area contributed by atoms with Gasteiger partial charge >= 0.3 is 5.97 Å². The van der Waals surface area contributed by atoms with Crippen LogP contribution in [0.2, 0.25) is 0 Å². The molecule has 0 spiro atoms. The van der Waals surface area contributed by atoms with Gasteiger partial charge in [0, 0.05) is 19.2 Å². The molecule has 39 heavy (non-hydrogen) atoms. The predicted molar refractivity (Wildman–Crippen MR) is 157 cm³/mol. The van der Waals surface area contributed by atoms with Gasteiger partial charge in [-0.1, -0.05) is 68.6 Å². The lowest BCUT2D eigenvalue weighted by Crippen LogP contribution is -2.29. The average Bonchev–Trinajstić information content (AvgIpc) is 3.53. The van der Waals surface area contributed by atoms with Crippen molar-refractivity contribution >= 4 is 57.7 Å². The lowest BCUT2D eigenvalue weighted by Gasteiger charge is -2.14. The summed E-state index contributed by atoms with van der Waals surface area (Å²) in [5.41, 5.74) is 0.499.